The molecule has 214 valence electrons. The first-order valence-corrected chi connectivity index (χ1v) is 15.3. The zero-order valence-electron chi connectivity index (χ0n) is 23.9. The summed E-state index contributed by atoms with van der Waals surface area (Å²) in [5.74, 6) is 2.82. The van der Waals surface area contributed by atoms with Gasteiger partial charge in [0.2, 0.25) is 0 Å². The lowest BCUT2D eigenvalue weighted by molar-refractivity contribution is -0.141. The van der Waals surface area contributed by atoms with Crippen LogP contribution in [0.15, 0.2) is 36.5 Å². The van der Waals surface area contributed by atoms with E-state index in [1.165, 1.54) is 22.4 Å². The van der Waals surface area contributed by atoms with Gasteiger partial charge in [0.05, 0.1) is 36.9 Å². The highest BCUT2D eigenvalue weighted by Gasteiger charge is 2.35. The van der Waals surface area contributed by atoms with Crippen LogP contribution in [0, 0.1) is 17.8 Å². The van der Waals surface area contributed by atoms with Gasteiger partial charge in [-0.05, 0) is 80.4 Å². The van der Waals surface area contributed by atoms with Gasteiger partial charge in [0.25, 0.3) is 0 Å². The number of nitrogens with zero attached hydrogens (tertiary/aromatic N) is 3. The summed E-state index contributed by atoms with van der Waals surface area (Å²) in [6.07, 6.45) is 10.3. The first kappa shape index (κ1) is 27.6. The van der Waals surface area contributed by atoms with Crippen LogP contribution in [0.3, 0.4) is 0 Å². The van der Waals surface area contributed by atoms with Crippen LogP contribution in [0.2, 0.25) is 0 Å². The third kappa shape index (κ3) is 5.74. The van der Waals surface area contributed by atoms with Gasteiger partial charge in [-0.2, -0.15) is 5.10 Å². The van der Waals surface area contributed by atoms with E-state index in [0.29, 0.717) is 43.4 Å². The summed E-state index contributed by atoms with van der Waals surface area (Å²) in [6, 6.07) is 11.3. The number of ketones is 1. The van der Waals surface area contributed by atoms with Crippen molar-refractivity contribution in [2.45, 2.75) is 82.7 Å². The Morgan fingerprint density at radius 3 is 2.50 bits per heavy atom. The first-order chi connectivity index (χ1) is 19.5. The minimum atomic E-state index is -0.189. The van der Waals surface area contributed by atoms with Gasteiger partial charge < -0.3 is 14.6 Å². The van der Waals surface area contributed by atoms with E-state index < -0.39 is 0 Å². The van der Waals surface area contributed by atoms with Crippen LogP contribution in [-0.2, 0) is 20.7 Å². The van der Waals surface area contributed by atoms with Crippen molar-refractivity contribution in [1.82, 2.24) is 14.6 Å². The van der Waals surface area contributed by atoms with E-state index in [-0.39, 0.29) is 17.9 Å². The van der Waals surface area contributed by atoms with Crippen LogP contribution in [0.4, 0.5) is 0 Å². The molecule has 0 radical (unpaired) electrons. The quantitative estimate of drug-likeness (QED) is 0.370. The van der Waals surface area contributed by atoms with E-state index >= 15 is 0 Å². The average molecular weight is 546 g/mol. The van der Waals surface area contributed by atoms with Gasteiger partial charge in [-0.25, -0.2) is 9.50 Å². The maximum atomic E-state index is 12.7. The lowest BCUT2D eigenvalue weighted by Gasteiger charge is -2.33. The molecule has 1 N–H and O–H groups in total. The van der Waals surface area contributed by atoms with E-state index in [1.807, 2.05) is 6.20 Å². The molecule has 0 amide bonds. The predicted molar refractivity (Wildman–Crippen MR) is 154 cm³/mol. The summed E-state index contributed by atoms with van der Waals surface area (Å²) in [5, 5.41) is 15.2. The van der Waals surface area contributed by atoms with Gasteiger partial charge in [-0.1, -0.05) is 31.2 Å². The normalized spacial score (nSPS) is 26.5. The lowest BCUT2D eigenvalue weighted by Crippen LogP contribution is -2.39. The molecule has 1 atom stereocenters. The smallest absolute Gasteiger partial charge is 0.149 e. The van der Waals surface area contributed by atoms with Crippen LogP contribution in [0.25, 0.3) is 16.6 Å². The number of hydrogen-bond donors (Lipinski definition) is 1. The Kier molecular flexibility index (Phi) is 8.33. The molecule has 0 spiro atoms. The third-order valence-corrected chi connectivity index (χ3v) is 9.53. The van der Waals surface area contributed by atoms with Crippen LogP contribution in [0.1, 0.15) is 87.2 Å². The number of hydrogen-bond acceptors (Lipinski definition) is 6. The van der Waals surface area contributed by atoms with Gasteiger partial charge in [0.1, 0.15) is 11.6 Å². The highest BCUT2D eigenvalue weighted by molar-refractivity contribution is 5.84. The molecule has 7 nitrogen and oxygen atoms in total. The summed E-state index contributed by atoms with van der Waals surface area (Å²) >= 11 is 0. The number of rotatable bonds is 9. The Bertz CT molecular complexity index is 1320. The van der Waals surface area contributed by atoms with Crippen molar-refractivity contribution < 1.29 is 19.4 Å². The molecule has 40 heavy (non-hydrogen) atoms. The molecule has 1 saturated heterocycles. The number of aromatic nitrogens is 3. The van der Waals surface area contributed by atoms with Gasteiger partial charge in [-0.15, -0.1) is 0 Å². The van der Waals surface area contributed by atoms with Crippen LogP contribution < -0.4 is 0 Å². The highest BCUT2D eigenvalue weighted by Crippen LogP contribution is 2.41. The van der Waals surface area contributed by atoms with Crippen molar-refractivity contribution in [3.8, 4) is 11.1 Å². The number of carbonyl (C=O) groups excluding carboxylic acids is 1. The second-order valence-corrected chi connectivity index (χ2v) is 12.5. The lowest BCUT2D eigenvalue weighted by atomic mass is 9.74. The van der Waals surface area contributed by atoms with Gasteiger partial charge in [0, 0.05) is 43.2 Å². The maximum absolute atomic E-state index is 12.7. The Hall–Kier alpha value is -2.61. The molecule has 3 aromatic rings. The van der Waals surface area contributed by atoms with Gasteiger partial charge in [0.15, 0.2) is 0 Å². The highest BCUT2D eigenvalue weighted by atomic mass is 16.5. The molecule has 2 aromatic heterocycles. The first-order valence-electron chi connectivity index (χ1n) is 15.3. The fourth-order valence-corrected chi connectivity index (χ4v) is 7.10. The molecule has 0 unspecified atom stereocenters. The number of aliphatic hydroxyl groups excluding tert-OH is 1. The van der Waals surface area contributed by atoms with Crippen molar-refractivity contribution in [3.05, 3.63) is 53.6 Å². The number of methoxy groups -OCH3 is 1. The molecule has 1 aromatic carbocycles. The standard InChI is InChI=1S/C33H43N3O4/c1-21(18-39-2)14-32-34-17-31-29(16-30(36(31)35-32)23-10-12-28(37)13-11-23)26-5-3-4-25(15-26)22-6-8-24(9-7-22)33(38)27-19-40-20-27/h3-5,15-17,21-24,27-28,37H,6-14,18-20H2,1-2H3/t21-,22?,23?,24?,28?/m1/s1. The Morgan fingerprint density at radius 2 is 1.80 bits per heavy atom. The number of benzene rings is 1. The summed E-state index contributed by atoms with van der Waals surface area (Å²) in [7, 11) is 1.73. The van der Waals surface area contributed by atoms with Gasteiger partial charge >= 0.3 is 0 Å². The van der Waals surface area contributed by atoms with E-state index in [4.69, 9.17) is 19.6 Å². The Labute approximate surface area is 237 Å². The minimum absolute atomic E-state index is 0.139. The minimum Gasteiger partial charge on any atom is -0.393 e. The van der Waals surface area contributed by atoms with Crippen molar-refractivity contribution in [1.29, 1.82) is 0 Å². The monoisotopic (exact) mass is 545 g/mol. The summed E-state index contributed by atoms with van der Waals surface area (Å²) in [4.78, 5) is 17.5. The molecule has 0 bridgehead atoms. The summed E-state index contributed by atoms with van der Waals surface area (Å²) in [5.41, 5.74) is 6.00. The molecule has 1 aliphatic heterocycles. The van der Waals surface area contributed by atoms with Gasteiger partial charge in [-0.3, -0.25) is 4.79 Å². The van der Waals surface area contributed by atoms with Crippen molar-refractivity contribution in [3.63, 3.8) is 0 Å². The van der Waals surface area contributed by atoms with Crippen LogP contribution in [-0.4, -0.2) is 58.5 Å². The zero-order chi connectivity index (χ0) is 27.6. The molecule has 3 aliphatic rings. The molecular formula is C33H43N3O4. The third-order valence-electron chi connectivity index (χ3n) is 9.53. The molecule has 3 fully saturated rings. The topological polar surface area (TPSA) is 86.0 Å². The number of fused-ring (bicyclic) bond motifs is 1. The predicted octanol–water partition coefficient (Wildman–Crippen LogP) is 5.73. The van der Waals surface area contributed by atoms with E-state index in [0.717, 1.165) is 69.1 Å². The average Bonchev–Trinajstić information content (AvgIpc) is 3.32. The zero-order valence-corrected chi connectivity index (χ0v) is 23.9. The van der Waals surface area contributed by atoms with Crippen molar-refractivity contribution in [2.24, 2.45) is 17.8 Å². The van der Waals surface area contributed by atoms with Crippen LogP contribution in [0.5, 0.6) is 0 Å². The second-order valence-electron chi connectivity index (χ2n) is 12.5. The Morgan fingerprint density at radius 1 is 1.05 bits per heavy atom. The second kappa shape index (κ2) is 12.1. The van der Waals surface area contributed by atoms with Crippen molar-refractivity contribution >= 4 is 11.3 Å². The molecule has 2 aliphatic carbocycles. The Balaban J connectivity index is 1.27. The molecule has 7 heteroatoms. The fourth-order valence-electron chi connectivity index (χ4n) is 7.10. The van der Waals surface area contributed by atoms with Crippen LogP contribution >= 0.6 is 0 Å². The molecule has 2 saturated carbocycles. The van der Waals surface area contributed by atoms with E-state index in [1.54, 1.807) is 7.11 Å². The maximum Gasteiger partial charge on any atom is 0.149 e. The SMILES string of the molecule is COC[C@H](C)Cc1ncc2c(-c3cccc(C4CCC(C(=O)C5COC5)CC4)c3)cc(C3CCC(O)CC3)n2n1. The summed E-state index contributed by atoms with van der Waals surface area (Å²) < 4.78 is 12.7. The number of aliphatic hydroxyl groups is 1. The van der Waals surface area contributed by atoms with E-state index in [9.17, 15) is 9.90 Å². The summed E-state index contributed by atoms with van der Waals surface area (Å²) in [6.45, 7) is 4.09. The molecule has 6 rings (SSSR count). The number of ether oxygens (including phenoxy) is 2. The number of carbonyl (C=O) groups is 1. The fraction of sp³-hybridized carbons (Fsp3) is 0.606. The number of Topliss-reactive ketones (excluding diaryl/α,β-unsaturated/α-hetero) is 1. The van der Waals surface area contributed by atoms with Crippen molar-refractivity contribution in [2.75, 3.05) is 26.9 Å². The largest absolute Gasteiger partial charge is 0.393 e. The van der Waals surface area contributed by atoms with E-state index in [2.05, 4.69) is 41.8 Å². The molecule has 3 heterocycles. The molecular weight excluding hydrogens is 502 g/mol.